The van der Waals surface area contributed by atoms with Crippen molar-refractivity contribution < 1.29 is 14.0 Å². The number of rotatable bonds is 5. The Kier molecular flexibility index (Phi) is 5.77. The molecule has 8 heteroatoms. The quantitative estimate of drug-likeness (QED) is 0.455. The van der Waals surface area contributed by atoms with Gasteiger partial charge in [0.05, 0.1) is 10.7 Å². The maximum absolute atomic E-state index is 13.3. The van der Waals surface area contributed by atoms with Crippen molar-refractivity contribution in [3.63, 3.8) is 0 Å². The number of hydrogen-bond acceptors (Lipinski definition) is 3. The van der Waals surface area contributed by atoms with E-state index in [4.69, 9.17) is 11.6 Å². The number of nitrogens with one attached hydrogen (secondary N) is 2. The fraction of sp³-hybridized carbons (Fsp3) is 0. The Morgan fingerprint density at radius 3 is 2.32 bits per heavy atom. The largest absolute Gasteiger partial charge is 0.322 e. The molecule has 2 N–H and O–H groups in total. The van der Waals surface area contributed by atoms with E-state index in [2.05, 4.69) is 15.7 Å². The Morgan fingerprint density at radius 2 is 1.55 bits per heavy atom. The molecule has 4 aromatic rings. The smallest absolute Gasteiger partial charge is 0.276 e. The van der Waals surface area contributed by atoms with Crippen LogP contribution in [0.2, 0.25) is 5.02 Å². The lowest BCUT2D eigenvalue weighted by Crippen LogP contribution is -2.15. The van der Waals surface area contributed by atoms with Crippen LogP contribution in [0.15, 0.2) is 85.1 Å². The normalized spacial score (nSPS) is 10.5. The second kappa shape index (κ2) is 8.81. The zero-order chi connectivity index (χ0) is 21.8. The molecule has 0 unspecified atom stereocenters. The van der Waals surface area contributed by atoms with Gasteiger partial charge in [0.2, 0.25) is 0 Å². The number of carbonyl (C=O) groups is 2. The predicted molar refractivity (Wildman–Crippen MR) is 117 cm³/mol. The van der Waals surface area contributed by atoms with Gasteiger partial charge in [0, 0.05) is 23.1 Å². The summed E-state index contributed by atoms with van der Waals surface area (Å²) in [4.78, 5) is 25.0. The van der Waals surface area contributed by atoms with E-state index in [1.54, 1.807) is 54.7 Å². The summed E-state index contributed by atoms with van der Waals surface area (Å²) < 4.78 is 14.8. The van der Waals surface area contributed by atoms with E-state index in [0.29, 0.717) is 27.6 Å². The van der Waals surface area contributed by atoms with Gasteiger partial charge in [-0.05, 0) is 54.6 Å². The third-order valence-electron chi connectivity index (χ3n) is 4.39. The van der Waals surface area contributed by atoms with Gasteiger partial charge in [-0.15, -0.1) is 0 Å². The lowest BCUT2D eigenvalue weighted by molar-refractivity contribution is 0.101. The summed E-state index contributed by atoms with van der Waals surface area (Å²) in [5, 5.41) is 10.1. The van der Waals surface area contributed by atoms with E-state index in [-0.39, 0.29) is 5.69 Å². The van der Waals surface area contributed by atoms with Crippen molar-refractivity contribution in [2.75, 3.05) is 10.6 Å². The molecule has 0 spiro atoms. The van der Waals surface area contributed by atoms with Crippen LogP contribution in [0.5, 0.6) is 0 Å². The number of benzene rings is 3. The molecule has 6 nitrogen and oxygen atoms in total. The van der Waals surface area contributed by atoms with Crippen LogP contribution in [0.3, 0.4) is 0 Å². The maximum Gasteiger partial charge on any atom is 0.276 e. The molecule has 2 amide bonds. The van der Waals surface area contributed by atoms with Gasteiger partial charge >= 0.3 is 0 Å². The van der Waals surface area contributed by atoms with Crippen molar-refractivity contribution in [1.82, 2.24) is 9.78 Å². The van der Waals surface area contributed by atoms with Crippen LogP contribution in [-0.4, -0.2) is 21.6 Å². The first-order valence-corrected chi connectivity index (χ1v) is 9.66. The van der Waals surface area contributed by atoms with Gasteiger partial charge in [-0.1, -0.05) is 35.9 Å². The molecule has 0 saturated carbocycles. The molecule has 1 heterocycles. The molecule has 31 heavy (non-hydrogen) atoms. The van der Waals surface area contributed by atoms with Crippen molar-refractivity contribution in [2.24, 2.45) is 0 Å². The highest BCUT2D eigenvalue weighted by molar-refractivity contribution is 6.32. The molecule has 0 saturated heterocycles. The first kappa shape index (κ1) is 20.3. The third-order valence-corrected chi connectivity index (χ3v) is 4.71. The topological polar surface area (TPSA) is 76.0 Å². The van der Waals surface area contributed by atoms with Crippen LogP contribution in [0.4, 0.5) is 15.8 Å². The van der Waals surface area contributed by atoms with Gasteiger partial charge < -0.3 is 10.6 Å². The Morgan fingerprint density at radius 1 is 0.839 bits per heavy atom. The van der Waals surface area contributed by atoms with Gasteiger partial charge in [-0.25, -0.2) is 9.07 Å². The fourth-order valence-electron chi connectivity index (χ4n) is 2.92. The fourth-order valence-corrected chi connectivity index (χ4v) is 3.14. The minimum atomic E-state index is -0.449. The van der Waals surface area contributed by atoms with Crippen LogP contribution in [0.25, 0.3) is 5.69 Å². The van der Waals surface area contributed by atoms with Crippen LogP contribution in [-0.2, 0) is 0 Å². The molecule has 0 fully saturated rings. The van der Waals surface area contributed by atoms with Crippen LogP contribution in [0, 0.1) is 5.82 Å². The molecule has 3 aromatic carbocycles. The van der Waals surface area contributed by atoms with Crippen molar-refractivity contribution in [3.05, 3.63) is 107 Å². The Balaban J connectivity index is 1.47. The summed E-state index contributed by atoms with van der Waals surface area (Å²) in [5.41, 5.74) is 1.91. The molecular weight excluding hydrogens is 419 g/mol. The van der Waals surface area contributed by atoms with Gasteiger partial charge in [0.1, 0.15) is 5.82 Å². The zero-order valence-electron chi connectivity index (χ0n) is 16.0. The number of halogens is 2. The molecule has 0 aliphatic rings. The van der Waals surface area contributed by atoms with Gasteiger partial charge in [0.15, 0.2) is 5.69 Å². The van der Waals surface area contributed by atoms with Gasteiger partial charge in [0.25, 0.3) is 11.8 Å². The number of para-hydroxylation sites is 1. The number of carbonyl (C=O) groups excluding carboxylic acids is 2. The maximum atomic E-state index is 13.3. The van der Waals surface area contributed by atoms with Gasteiger partial charge in [-0.3, -0.25) is 9.59 Å². The van der Waals surface area contributed by atoms with Crippen molar-refractivity contribution >= 4 is 34.8 Å². The second-order valence-corrected chi connectivity index (χ2v) is 7.00. The number of amides is 2. The molecule has 154 valence electrons. The molecule has 4 rings (SSSR count). The van der Waals surface area contributed by atoms with Gasteiger partial charge in [-0.2, -0.15) is 5.10 Å². The predicted octanol–water partition coefficient (Wildman–Crippen LogP) is 5.17. The monoisotopic (exact) mass is 434 g/mol. The number of aromatic nitrogens is 2. The Bertz CT molecular complexity index is 1270. The minimum absolute atomic E-state index is 0.189. The standard InChI is InChI=1S/C23H16ClFN4O2/c24-19-9-1-2-10-21(19)29-12-11-20(28-29)23(31)27-17-7-3-5-15(13-17)22(30)26-18-8-4-6-16(25)14-18/h1-14H,(H,26,30)(H,27,31). The molecule has 1 aromatic heterocycles. The molecule has 0 bridgehead atoms. The highest BCUT2D eigenvalue weighted by atomic mass is 35.5. The summed E-state index contributed by atoms with van der Waals surface area (Å²) in [5.74, 6) is -1.31. The Labute approximate surface area is 182 Å². The number of anilines is 2. The molecule has 0 radical (unpaired) electrons. The van der Waals surface area contributed by atoms with E-state index in [1.807, 2.05) is 6.07 Å². The molecular formula is C23H16ClFN4O2. The van der Waals surface area contributed by atoms with Crippen molar-refractivity contribution in [1.29, 1.82) is 0 Å². The Hall–Kier alpha value is -3.97. The minimum Gasteiger partial charge on any atom is -0.322 e. The lowest BCUT2D eigenvalue weighted by Gasteiger charge is -2.08. The molecule has 0 atom stereocenters. The summed E-state index contributed by atoms with van der Waals surface area (Å²) >= 11 is 6.17. The van der Waals surface area contributed by atoms with Crippen LogP contribution >= 0.6 is 11.6 Å². The average Bonchev–Trinajstić information content (AvgIpc) is 3.24. The summed E-state index contributed by atoms with van der Waals surface area (Å²) in [7, 11) is 0. The second-order valence-electron chi connectivity index (χ2n) is 6.60. The SMILES string of the molecule is O=C(Nc1cccc(F)c1)c1cccc(NC(=O)c2ccn(-c3ccccc3Cl)n2)c1. The summed E-state index contributed by atoms with van der Waals surface area (Å²) in [6.07, 6.45) is 1.64. The average molecular weight is 435 g/mol. The van der Waals surface area contributed by atoms with E-state index < -0.39 is 17.6 Å². The first-order chi connectivity index (χ1) is 15.0. The van der Waals surface area contributed by atoms with Crippen LogP contribution < -0.4 is 10.6 Å². The molecule has 0 aliphatic carbocycles. The summed E-state index contributed by atoms with van der Waals surface area (Å²) in [6, 6.07) is 20.7. The van der Waals surface area contributed by atoms with E-state index in [0.717, 1.165) is 0 Å². The number of hydrogen-bond donors (Lipinski definition) is 2. The highest BCUT2D eigenvalue weighted by Crippen LogP contribution is 2.20. The highest BCUT2D eigenvalue weighted by Gasteiger charge is 2.13. The van der Waals surface area contributed by atoms with Crippen LogP contribution in [0.1, 0.15) is 20.8 Å². The third kappa shape index (κ3) is 4.79. The van der Waals surface area contributed by atoms with E-state index in [9.17, 15) is 14.0 Å². The zero-order valence-corrected chi connectivity index (χ0v) is 16.8. The summed E-state index contributed by atoms with van der Waals surface area (Å²) in [6.45, 7) is 0. The molecule has 0 aliphatic heterocycles. The van der Waals surface area contributed by atoms with Crippen molar-refractivity contribution in [2.45, 2.75) is 0 Å². The van der Waals surface area contributed by atoms with E-state index in [1.165, 1.54) is 28.9 Å². The lowest BCUT2D eigenvalue weighted by atomic mass is 10.1. The van der Waals surface area contributed by atoms with Crippen molar-refractivity contribution in [3.8, 4) is 5.69 Å². The first-order valence-electron chi connectivity index (χ1n) is 9.28. The van der Waals surface area contributed by atoms with E-state index >= 15 is 0 Å². The number of nitrogens with zero attached hydrogens (tertiary/aromatic N) is 2.